The van der Waals surface area contributed by atoms with Gasteiger partial charge < -0.3 is 9.88 Å². The second-order valence-corrected chi connectivity index (χ2v) is 6.70. The third-order valence-electron chi connectivity index (χ3n) is 4.47. The summed E-state index contributed by atoms with van der Waals surface area (Å²) in [4.78, 5) is 12.7. The highest BCUT2D eigenvalue weighted by Gasteiger charge is 2.20. The Bertz CT molecular complexity index is 900. The van der Waals surface area contributed by atoms with Crippen molar-refractivity contribution in [2.75, 3.05) is 6.54 Å². The van der Waals surface area contributed by atoms with Crippen LogP contribution < -0.4 is 5.32 Å². The van der Waals surface area contributed by atoms with E-state index in [4.69, 9.17) is 11.6 Å². The van der Waals surface area contributed by atoms with Crippen LogP contribution in [-0.4, -0.2) is 17.0 Å². The van der Waals surface area contributed by atoms with Gasteiger partial charge in [0.15, 0.2) is 0 Å². The number of hydrogen-bond acceptors (Lipinski definition) is 1. The lowest BCUT2D eigenvalue weighted by Crippen LogP contribution is -2.24. The third kappa shape index (κ3) is 3.68. The van der Waals surface area contributed by atoms with E-state index >= 15 is 0 Å². The Morgan fingerprint density at radius 3 is 2.46 bits per heavy atom. The molecule has 0 aliphatic heterocycles. The Kier molecular flexibility index (Phi) is 5.79. The largest absolute Gasteiger partial charge is 0.352 e. The maximum atomic E-state index is 12.7. The molecule has 0 radical (unpaired) electrons. The molecule has 3 aromatic rings. The van der Waals surface area contributed by atoms with Crippen molar-refractivity contribution in [3.8, 4) is 16.9 Å². The molecule has 2 aromatic carbocycles. The highest BCUT2D eigenvalue weighted by atomic mass is 35.5. The quantitative estimate of drug-likeness (QED) is 0.563. The number of carbonyl (C=O) groups is 1. The minimum atomic E-state index is -0.0427. The van der Waals surface area contributed by atoms with E-state index in [9.17, 15) is 4.79 Å². The van der Waals surface area contributed by atoms with Crippen LogP contribution in [0.15, 0.2) is 60.7 Å². The van der Waals surface area contributed by atoms with Crippen LogP contribution in [0.5, 0.6) is 0 Å². The Morgan fingerprint density at radius 1 is 1.08 bits per heavy atom. The van der Waals surface area contributed by atoms with E-state index in [0.29, 0.717) is 17.1 Å². The predicted octanol–water partition coefficient (Wildman–Crippen LogP) is 5.64. The minimum absolute atomic E-state index is 0.0427. The molecule has 134 valence electrons. The van der Waals surface area contributed by atoms with Gasteiger partial charge in [0, 0.05) is 12.2 Å². The molecular weight excluding hydrogens is 344 g/mol. The van der Waals surface area contributed by atoms with Gasteiger partial charge in [0.1, 0.15) is 0 Å². The van der Waals surface area contributed by atoms with E-state index in [2.05, 4.69) is 16.8 Å². The first-order valence-electron chi connectivity index (χ1n) is 8.94. The molecule has 0 fully saturated rings. The van der Waals surface area contributed by atoms with Gasteiger partial charge in [0.05, 0.1) is 22.0 Å². The smallest absolute Gasteiger partial charge is 0.253 e. The van der Waals surface area contributed by atoms with Gasteiger partial charge in [-0.05, 0) is 37.1 Å². The molecule has 3 nitrogen and oxygen atoms in total. The Balaban J connectivity index is 2.12. The van der Waals surface area contributed by atoms with Crippen molar-refractivity contribution >= 4 is 17.5 Å². The van der Waals surface area contributed by atoms with E-state index < -0.39 is 0 Å². The number of halogens is 1. The lowest BCUT2D eigenvalue weighted by atomic mass is 10.1. The molecule has 0 unspecified atom stereocenters. The van der Waals surface area contributed by atoms with Gasteiger partial charge in [-0.2, -0.15) is 0 Å². The number of hydrogen-bond donors (Lipinski definition) is 1. The van der Waals surface area contributed by atoms with E-state index in [1.807, 2.05) is 67.6 Å². The molecule has 1 heterocycles. The highest BCUT2D eigenvalue weighted by molar-refractivity contribution is 6.32. The molecule has 1 N–H and O–H groups in total. The highest BCUT2D eigenvalue weighted by Crippen LogP contribution is 2.32. The lowest BCUT2D eigenvalue weighted by molar-refractivity contribution is 0.0952. The number of aromatic nitrogens is 1. The fourth-order valence-corrected chi connectivity index (χ4v) is 3.30. The number of benzene rings is 2. The van der Waals surface area contributed by atoms with Gasteiger partial charge in [-0.1, -0.05) is 67.4 Å². The average molecular weight is 367 g/mol. The van der Waals surface area contributed by atoms with Crippen LogP contribution >= 0.6 is 11.6 Å². The van der Waals surface area contributed by atoms with Crippen LogP contribution in [0.3, 0.4) is 0 Å². The zero-order valence-corrected chi connectivity index (χ0v) is 15.9. The van der Waals surface area contributed by atoms with Crippen LogP contribution in [0.4, 0.5) is 0 Å². The van der Waals surface area contributed by atoms with Crippen molar-refractivity contribution in [2.24, 2.45) is 0 Å². The number of amides is 1. The van der Waals surface area contributed by atoms with Gasteiger partial charge in [0.25, 0.3) is 5.91 Å². The van der Waals surface area contributed by atoms with Crippen LogP contribution in [0, 0.1) is 6.92 Å². The first kappa shape index (κ1) is 18.3. The number of carbonyl (C=O) groups excluding carboxylic acids is 1. The maximum absolute atomic E-state index is 12.7. The molecule has 3 rings (SSSR count). The molecule has 0 saturated heterocycles. The van der Waals surface area contributed by atoms with Crippen molar-refractivity contribution in [2.45, 2.75) is 26.7 Å². The molecule has 0 bridgehead atoms. The summed E-state index contributed by atoms with van der Waals surface area (Å²) >= 11 is 6.46. The van der Waals surface area contributed by atoms with Crippen LogP contribution in [0.2, 0.25) is 5.02 Å². The summed E-state index contributed by atoms with van der Waals surface area (Å²) in [6.45, 7) is 4.76. The monoisotopic (exact) mass is 366 g/mol. The topological polar surface area (TPSA) is 34.0 Å². The van der Waals surface area contributed by atoms with Crippen LogP contribution in [0.25, 0.3) is 16.9 Å². The van der Waals surface area contributed by atoms with Crippen molar-refractivity contribution < 1.29 is 4.79 Å². The van der Waals surface area contributed by atoms with Crippen LogP contribution in [0.1, 0.15) is 35.8 Å². The van der Waals surface area contributed by atoms with E-state index in [1.165, 1.54) is 0 Å². The lowest BCUT2D eigenvalue weighted by Gasteiger charge is -2.14. The normalized spacial score (nSPS) is 10.7. The molecule has 4 heteroatoms. The summed E-state index contributed by atoms with van der Waals surface area (Å²) in [5.74, 6) is -0.0427. The van der Waals surface area contributed by atoms with E-state index in [-0.39, 0.29) is 5.91 Å². The van der Waals surface area contributed by atoms with E-state index in [0.717, 1.165) is 35.5 Å². The Labute approximate surface area is 159 Å². The molecule has 0 atom stereocenters. The SMILES string of the molecule is CCCCNC(=O)c1cc(-c2ccccc2)n(-c2ccccc2Cl)c1C. The number of nitrogens with zero attached hydrogens (tertiary/aromatic N) is 1. The summed E-state index contributed by atoms with van der Waals surface area (Å²) in [5, 5.41) is 3.67. The fourth-order valence-electron chi connectivity index (χ4n) is 3.08. The summed E-state index contributed by atoms with van der Waals surface area (Å²) in [6.07, 6.45) is 2.02. The zero-order chi connectivity index (χ0) is 18.5. The van der Waals surface area contributed by atoms with Gasteiger partial charge in [-0.25, -0.2) is 0 Å². The Hall–Kier alpha value is -2.52. The summed E-state index contributed by atoms with van der Waals surface area (Å²) in [5.41, 5.74) is 4.43. The second-order valence-electron chi connectivity index (χ2n) is 6.29. The summed E-state index contributed by atoms with van der Waals surface area (Å²) in [7, 11) is 0. The first-order valence-corrected chi connectivity index (χ1v) is 9.32. The molecule has 0 spiro atoms. The van der Waals surface area contributed by atoms with E-state index in [1.54, 1.807) is 0 Å². The van der Waals surface area contributed by atoms with Gasteiger partial charge in [0.2, 0.25) is 0 Å². The van der Waals surface area contributed by atoms with Crippen LogP contribution in [-0.2, 0) is 0 Å². The standard InChI is InChI=1S/C22H23ClN2O/c1-3-4-14-24-22(26)18-15-21(17-10-6-5-7-11-17)25(16(18)2)20-13-9-8-12-19(20)23/h5-13,15H,3-4,14H2,1-2H3,(H,24,26). The number of nitrogens with one attached hydrogen (secondary N) is 1. The van der Waals surface area contributed by atoms with Gasteiger partial charge >= 0.3 is 0 Å². The molecule has 0 aliphatic carbocycles. The molecular formula is C22H23ClN2O. The zero-order valence-electron chi connectivity index (χ0n) is 15.1. The molecule has 1 amide bonds. The maximum Gasteiger partial charge on any atom is 0.253 e. The first-order chi connectivity index (χ1) is 12.6. The van der Waals surface area contributed by atoms with Gasteiger partial charge in [-0.15, -0.1) is 0 Å². The van der Waals surface area contributed by atoms with Crippen molar-refractivity contribution in [1.82, 2.24) is 9.88 Å². The minimum Gasteiger partial charge on any atom is -0.352 e. The van der Waals surface area contributed by atoms with Crippen molar-refractivity contribution in [1.29, 1.82) is 0 Å². The number of para-hydroxylation sites is 1. The van der Waals surface area contributed by atoms with Crippen molar-refractivity contribution in [3.63, 3.8) is 0 Å². The van der Waals surface area contributed by atoms with Gasteiger partial charge in [-0.3, -0.25) is 4.79 Å². The Morgan fingerprint density at radius 2 is 1.77 bits per heavy atom. The molecule has 0 saturated carbocycles. The number of rotatable bonds is 6. The fraction of sp³-hybridized carbons (Fsp3) is 0.227. The second kappa shape index (κ2) is 8.24. The van der Waals surface area contributed by atoms with Crippen molar-refractivity contribution in [3.05, 3.63) is 76.9 Å². The predicted molar refractivity (Wildman–Crippen MR) is 108 cm³/mol. The summed E-state index contributed by atoms with van der Waals surface area (Å²) in [6, 6.07) is 19.7. The average Bonchev–Trinajstić information content (AvgIpc) is 3.00. The third-order valence-corrected chi connectivity index (χ3v) is 4.79. The molecule has 0 aliphatic rings. The summed E-state index contributed by atoms with van der Waals surface area (Å²) < 4.78 is 2.06. The number of unbranched alkanes of at least 4 members (excludes halogenated alkanes) is 1. The molecule has 26 heavy (non-hydrogen) atoms. The molecule has 1 aromatic heterocycles.